The van der Waals surface area contributed by atoms with Gasteiger partial charge in [-0.1, -0.05) is 0 Å². The van der Waals surface area contributed by atoms with Gasteiger partial charge in [-0.3, -0.25) is 0 Å². The fourth-order valence-electron chi connectivity index (χ4n) is 0. The van der Waals surface area contributed by atoms with Crippen LogP contribution in [0.1, 0.15) is 22.2 Å². The van der Waals surface area contributed by atoms with Crippen molar-refractivity contribution in [2.24, 2.45) is 0 Å². The Balaban J connectivity index is -0.000000180. The van der Waals surface area contributed by atoms with Gasteiger partial charge in [-0.25, -0.2) is 4.21 Å². The van der Waals surface area contributed by atoms with Gasteiger partial charge in [-0.15, -0.1) is 0 Å². The Bertz CT molecular complexity index is 91.1. The van der Waals surface area contributed by atoms with E-state index in [9.17, 15) is 4.21 Å². The second-order valence-corrected chi connectivity index (χ2v) is 4.08. The summed E-state index contributed by atoms with van der Waals surface area (Å²) in [5.41, 5.74) is 0. The van der Waals surface area contributed by atoms with Crippen LogP contribution in [-0.4, -0.2) is 13.5 Å². The first kappa shape index (κ1) is 12.4. The van der Waals surface area contributed by atoms with Crippen LogP contribution in [0.2, 0.25) is 0 Å². The molecule has 4 heteroatoms. The van der Waals surface area contributed by atoms with Gasteiger partial charge in [0.1, 0.15) is 0 Å². The molecule has 0 aliphatic carbocycles. The molecule has 0 saturated carbocycles. The molecule has 1 atom stereocenters. The Kier molecular flexibility index (Phi) is 7.06. The first-order valence-electron chi connectivity index (χ1n) is 2.05. The minimum absolute atomic E-state index is 0. The molecule has 0 spiro atoms. The third-order valence-corrected chi connectivity index (χ3v) is 1.57. The molecular formula is C4H11KO2S. The third-order valence-electron chi connectivity index (χ3n) is 0.524. The van der Waals surface area contributed by atoms with Crippen LogP contribution in [-0.2, 0) is 11.1 Å². The second-order valence-electron chi connectivity index (χ2n) is 2.36. The van der Waals surface area contributed by atoms with Gasteiger partial charge in [-0.2, -0.15) is 0 Å². The monoisotopic (exact) mass is 162 g/mol. The van der Waals surface area contributed by atoms with Crippen LogP contribution in [0.4, 0.5) is 0 Å². The second kappa shape index (κ2) is 4.54. The molecule has 1 unspecified atom stereocenters. The van der Waals surface area contributed by atoms with E-state index in [1.807, 2.05) is 0 Å². The third kappa shape index (κ3) is 5.88. The first-order chi connectivity index (χ1) is 2.94. The maximum atomic E-state index is 10.1. The van der Waals surface area contributed by atoms with Crippen molar-refractivity contribution in [3.63, 3.8) is 0 Å². The Morgan fingerprint density at radius 1 is 1.50 bits per heavy atom. The topological polar surface area (TPSA) is 37.3 Å². The number of hydrogen-bond acceptors (Lipinski definition) is 1. The van der Waals surface area contributed by atoms with Crippen molar-refractivity contribution in [3.8, 4) is 0 Å². The Labute approximate surface area is 96.6 Å². The quantitative estimate of drug-likeness (QED) is 0.334. The standard InChI is InChI=1S/C4H10O2S.K.H/c1-4(2,3)7(5)6;;/h1-3H3,(H,5,6);;/q;+1;-1. The van der Waals surface area contributed by atoms with Crippen LogP contribution >= 0.6 is 0 Å². The molecule has 0 radical (unpaired) electrons. The van der Waals surface area contributed by atoms with Crippen molar-refractivity contribution in [1.29, 1.82) is 0 Å². The summed E-state index contributed by atoms with van der Waals surface area (Å²) < 4.78 is 18.0. The van der Waals surface area contributed by atoms with E-state index in [0.29, 0.717) is 0 Å². The predicted molar refractivity (Wildman–Crippen MR) is 31.6 cm³/mol. The maximum Gasteiger partial charge on any atom is 1.00 e. The van der Waals surface area contributed by atoms with E-state index in [-0.39, 0.29) is 52.8 Å². The summed E-state index contributed by atoms with van der Waals surface area (Å²) in [5, 5.41) is 0. The summed E-state index contributed by atoms with van der Waals surface area (Å²) >= 11 is -1.68. The van der Waals surface area contributed by atoms with Gasteiger partial charge in [0, 0.05) is 0 Å². The fraction of sp³-hybridized carbons (Fsp3) is 1.00. The van der Waals surface area contributed by atoms with Gasteiger partial charge in [0.15, 0.2) is 11.1 Å². The molecule has 2 nitrogen and oxygen atoms in total. The summed E-state index contributed by atoms with van der Waals surface area (Å²) in [6, 6.07) is 0. The van der Waals surface area contributed by atoms with Crippen molar-refractivity contribution in [2.75, 3.05) is 0 Å². The fourth-order valence-corrected chi connectivity index (χ4v) is 0. The van der Waals surface area contributed by atoms with Crippen LogP contribution in [0.3, 0.4) is 0 Å². The van der Waals surface area contributed by atoms with Gasteiger partial charge < -0.3 is 5.98 Å². The first-order valence-corrected chi connectivity index (χ1v) is 3.16. The van der Waals surface area contributed by atoms with Crippen LogP contribution in [0.5, 0.6) is 0 Å². The molecule has 46 valence electrons. The zero-order valence-corrected chi connectivity index (χ0v) is 9.70. The summed E-state index contributed by atoms with van der Waals surface area (Å²) in [6.07, 6.45) is 0. The summed E-state index contributed by atoms with van der Waals surface area (Å²) in [7, 11) is 0. The SMILES string of the molecule is CC(C)(C)S(=O)O.[H-].[K+]. The molecule has 1 N–H and O–H groups in total. The van der Waals surface area contributed by atoms with Gasteiger partial charge >= 0.3 is 51.4 Å². The Morgan fingerprint density at radius 2 is 1.62 bits per heavy atom. The molecule has 0 aromatic carbocycles. The summed E-state index contributed by atoms with van der Waals surface area (Å²) in [6.45, 7) is 5.13. The van der Waals surface area contributed by atoms with E-state index >= 15 is 0 Å². The van der Waals surface area contributed by atoms with Gasteiger partial charge in [-0.05, 0) is 20.8 Å². The van der Waals surface area contributed by atoms with Gasteiger partial charge in [0.2, 0.25) is 0 Å². The maximum absolute atomic E-state index is 10.1. The molecule has 0 rings (SSSR count). The largest absolute Gasteiger partial charge is 1.00 e. The Morgan fingerprint density at radius 3 is 1.62 bits per heavy atom. The minimum Gasteiger partial charge on any atom is -1.00 e. The molecule has 0 aliphatic rings. The normalized spacial score (nSPS) is 14.5. The van der Waals surface area contributed by atoms with Crippen LogP contribution in [0.15, 0.2) is 0 Å². The van der Waals surface area contributed by atoms with Crippen LogP contribution in [0, 0.1) is 0 Å². The van der Waals surface area contributed by atoms with Crippen LogP contribution < -0.4 is 51.4 Å². The van der Waals surface area contributed by atoms with Gasteiger partial charge in [0.05, 0.1) is 4.75 Å². The molecule has 0 bridgehead atoms. The minimum atomic E-state index is -1.68. The van der Waals surface area contributed by atoms with E-state index in [0.717, 1.165) is 0 Å². The Hall–Kier alpha value is 1.75. The molecule has 0 aromatic rings. The van der Waals surface area contributed by atoms with Crippen molar-refractivity contribution < 1.29 is 61.6 Å². The summed E-state index contributed by atoms with van der Waals surface area (Å²) in [4.78, 5) is 0. The molecule has 0 fully saturated rings. The zero-order valence-electron chi connectivity index (χ0n) is 6.76. The molecular weight excluding hydrogens is 151 g/mol. The van der Waals surface area contributed by atoms with Crippen molar-refractivity contribution in [2.45, 2.75) is 25.5 Å². The van der Waals surface area contributed by atoms with E-state index in [4.69, 9.17) is 4.55 Å². The number of rotatable bonds is 0. The smallest absolute Gasteiger partial charge is 1.00 e. The van der Waals surface area contributed by atoms with Crippen molar-refractivity contribution in [3.05, 3.63) is 0 Å². The van der Waals surface area contributed by atoms with Crippen molar-refractivity contribution >= 4 is 11.1 Å². The van der Waals surface area contributed by atoms with Crippen LogP contribution in [0.25, 0.3) is 0 Å². The van der Waals surface area contributed by atoms with Gasteiger partial charge in [0.25, 0.3) is 0 Å². The number of hydrogen-bond donors (Lipinski definition) is 1. The molecule has 0 heterocycles. The van der Waals surface area contributed by atoms with E-state index in [1.165, 1.54) is 0 Å². The molecule has 0 aromatic heterocycles. The average Bonchev–Trinajstić information content (AvgIpc) is 1.31. The van der Waals surface area contributed by atoms with Crippen molar-refractivity contribution in [1.82, 2.24) is 0 Å². The summed E-state index contributed by atoms with van der Waals surface area (Å²) in [5.74, 6) is 0. The molecule has 0 saturated heterocycles. The average molecular weight is 162 g/mol. The molecule has 0 aliphatic heterocycles. The molecule has 0 amide bonds. The predicted octanol–water partition coefficient (Wildman–Crippen LogP) is -1.88. The van der Waals surface area contributed by atoms with E-state index in [1.54, 1.807) is 20.8 Å². The molecule has 8 heavy (non-hydrogen) atoms. The van der Waals surface area contributed by atoms with E-state index in [2.05, 4.69) is 0 Å². The van der Waals surface area contributed by atoms with E-state index < -0.39 is 15.8 Å². The zero-order chi connectivity index (χ0) is 6.08.